The Balaban J connectivity index is 1.03. The fourth-order valence-corrected chi connectivity index (χ4v) is 10.9. The first kappa shape index (κ1) is 70.8. The molecule has 7 aromatic carbocycles. The van der Waals surface area contributed by atoms with Gasteiger partial charge in [0, 0.05) is 20.8 Å². The van der Waals surface area contributed by atoms with Crippen LogP contribution < -0.4 is 0 Å². The van der Waals surface area contributed by atoms with E-state index >= 15 is 0 Å². The second-order valence-corrected chi connectivity index (χ2v) is 22.4. The molecule has 10 rings (SSSR count). The van der Waals surface area contributed by atoms with Gasteiger partial charge in [-0.25, -0.2) is 33.6 Å². The van der Waals surface area contributed by atoms with Crippen molar-refractivity contribution in [2.75, 3.05) is 19.8 Å². The number of carbonyl (C=O) groups is 10. The molecule has 15 atom stereocenters. The maximum atomic E-state index is 14.5. The molecule has 0 spiro atoms. The van der Waals surface area contributed by atoms with Crippen molar-refractivity contribution < 1.29 is 124 Å². The monoisotopic (exact) mass is 1360 g/mol. The number of aliphatic hydroxyl groups excluding tert-OH is 1. The lowest BCUT2D eigenvalue weighted by Crippen LogP contribution is -2.65. The van der Waals surface area contributed by atoms with E-state index in [1.165, 1.54) is 121 Å². The smallest absolute Gasteiger partial charge is 0.338 e. The molecule has 0 amide bonds. The third kappa shape index (κ3) is 18.6. The highest BCUT2D eigenvalue weighted by Crippen LogP contribution is 2.37. The number of aliphatic hydroxyl groups is 1. The van der Waals surface area contributed by atoms with E-state index in [9.17, 15) is 53.1 Å². The Hall–Kier alpha value is -11.0. The van der Waals surface area contributed by atoms with E-state index in [0.29, 0.717) is 0 Å². The highest BCUT2D eigenvalue weighted by Gasteiger charge is 2.58. The SMILES string of the molecule is CC(=O)O[C@H]1[C@@H](OC(C)=O)[C@@H](CO[C@@H]2O[C@H](COC(=O)c3ccccc3)[C@H](OC(=O)c3ccccc3)[C@H](OC(=O)c3ccccc3)[C@H]2OC(=O)c2ccccc2)O[C@@H](OC[C@H]2O[C@H](O)[C@H](OC(=O)c3ccccc3)[C@@H](OC(=O)c3ccccc3)[C@H]2OC(=O)c2ccccc2)[C@@H]1OC(C)=O. The molecule has 0 unspecified atom stereocenters. The van der Waals surface area contributed by atoms with Gasteiger partial charge in [-0.15, -0.1) is 0 Å². The van der Waals surface area contributed by atoms with Gasteiger partial charge in [-0.05, 0) is 84.9 Å². The Labute approximate surface area is 565 Å². The number of hydrogen-bond donors (Lipinski definition) is 1. The van der Waals surface area contributed by atoms with Crippen LogP contribution in [0, 0.1) is 0 Å². The average Bonchev–Trinajstić information content (AvgIpc) is 0.789. The minimum Gasteiger partial charge on any atom is -0.459 e. The van der Waals surface area contributed by atoms with Crippen LogP contribution in [0.2, 0.25) is 0 Å². The predicted octanol–water partition coefficient (Wildman–Crippen LogP) is 7.19. The summed E-state index contributed by atoms with van der Waals surface area (Å²) in [5.74, 6) is -10.1. The number of benzene rings is 7. The quantitative estimate of drug-likeness (QED) is 0.0462. The first-order valence-corrected chi connectivity index (χ1v) is 31.1. The molecule has 0 radical (unpaired) electrons. The molecule has 0 saturated carbocycles. The summed E-state index contributed by atoms with van der Waals surface area (Å²) in [6, 6.07) is 53.0. The lowest BCUT2D eigenvalue weighted by Gasteiger charge is -2.47. The molecule has 3 heterocycles. The fraction of sp³-hybridized carbons (Fsp3) is 0.288. The van der Waals surface area contributed by atoms with E-state index in [1.807, 2.05) is 0 Å². The molecule has 3 aliphatic heterocycles. The number of carbonyl (C=O) groups excluding carboxylic acids is 10. The Morgan fingerprint density at radius 2 is 0.495 bits per heavy atom. The number of esters is 10. The van der Waals surface area contributed by atoms with Gasteiger partial charge in [0.05, 0.1) is 52.2 Å². The largest absolute Gasteiger partial charge is 0.459 e. The van der Waals surface area contributed by atoms with Crippen molar-refractivity contribution in [2.24, 2.45) is 0 Å². The first-order valence-electron chi connectivity index (χ1n) is 31.1. The molecule has 514 valence electrons. The zero-order valence-electron chi connectivity index (χ0n) is 53.1. The van der Waals surface area contributed by atoms with Crippen LogP contribution in [-0.2, 0) is 85.4 Å². The van der Waals surface area contributed by atoms with Crippen molar-refractivity contribution in [1.29, 1.82) is 0 Å². The number of ether oxygens (including phenoxy) is 15. The minimum atomic E-state index is -2.20. The Morgan fingerprint density at radius 1 is 0.273 bits per heavy atom. The first-order chi connectivity index (χ1) is 47.9. The second kappa shape index (κ2) is 33.8. The maximum Gasteiger partial charge on any atom is 0.338 e. The lowest BCUT2D eigenvalue weighted by molar-refractivity contribution is -0.340. The minimum absolute atomic E-state index is 0.00258. The van der Waals surface area contributed by atoms with Crippen LogP contribution in [0.4, 0.5) is 0 Å². The molecule has 26 heteroatoms. The average molecular weight is 1360 g/mol. The van der Waals surface area contributed by atoms with Crippen LogP contribution in [0.5, 0.6) is 0 Å². The van der Waals surface area contributed by atoms with E-state index in [1.54, 1.807) is 91.0 Å². The van der Waals surface area contributed by atoms with Gasteiger partial charge < -0.3 is 76.2 Å². The zero-order chi connectivity index (χ0) is 70.0. The second-order valence-electron chi connectivity index (χ2n) is 22.4. The summed E-state index contributed by atoms with van der Waals surface area (Å²) in [5.41, 5.74) is -0.00188. The number of rotatable bonds is 24. The van der Waals surface area contributed by atoms with Gasteiger partial charge in [0.15, 0.2) is 73.8 Å². The normalized spacial score (nSPS) is 24.7. The summed E-state index contributed by atoms with van der Waals surface area (Å²) >= 11 is 0. The zero-order valence-corrected chi connectivity index (χ0v) is 53.1. The number of hydrogen-bond acceptors (Lipinski definition) is 26. The van der Waals surface area contributed by atoms with Gasteiger partial charge in [-0.3, -0.25) is 14.4 Å². The van der Waals surface area contributed by atoms with Gasteiger partial charge in [-0.1, -0.05) is 127 Å². The molecule has 26 nitrogen and oxygen atoms in total. The highest BCUT2D eigenvalue weighted by atomic mass is 16.8. The molecule has 99 heavy (non-hydrogen) atoms. The van der Waals surface area contributed by atoms with Gasteiger partial charge >= 0.3 is 59.7 Å². The fourth-order valence-electron chi connectivity index (χ4n) is 10.9. The molecule has 7 aromatic rings. The summed E-state index contributed by atoms with van der Waals surface area (Å²) in [4.78, 5) is 139. The Kier molecular flexibility index (Phi) is 24.2. The van der Waals surface area contributed by atoms with Crippen LogP contribution >= 0.6 is 0 Å². The van der Waals surface area contributed by atoms with Gasteiger partial charge in [0.25, 0.3) is 0 Å². The van der Waals surface area contributed by atoms with Gasteiger partial charge in [-0.2, -0.15) is 0 Å². The summed E-state index contributed by atoms with van der Waals surface area (Å²) in [7, 11) is 0. The summed E-state index contributed by atoms with van der Waals surface area (Å²) < 4.78 is 91.9. The van der Waals surface area contributed by atoms with E-state index < -0.39 is 172 Å². The van der Waals surface area contributed by atoms with E-state index in [0.717, 1.165) is 20.8 Å². The molecule has 3 aliphatic rings. The van der Waals surface area contributed by atoms with E-state index in [4.69, 9.17) is 71.1 Å². The molecule has 3 fully saturated rings. The Bertz CT molecular complexity index is 3900. The topological polar surface area (TPSA) is 329 Å². The van der Waals surface area contributed by atoms with Crippen LogP contribution in [0.3, 0.4) is 0 Å². The molecule has 1 N–H and O–H groups in total. The Morgan fingerprint density at radius 3 is 0.828 bits per heavy atom. The lowest BCUT2D eigenvalue weighted by atomic mass is 9.96. The summed E-state index contributed by atoms with van der Waals surface area (Å²) in [5, 5.41) is 11.9. The van der Waals surface area contributed by atoms with Crippen molar-refractivity contribution in [3.63, 3.8) is 0 Å². The molecule has 0 aromatic heterocycles. The van der Waals surface area contributed by atoms with Gasteiger partial charge in [0.1, 0.15) is 24.9 Å². The molecule has 0 bridgehead atoms. The van der Waals surface area contributed by atoms with Crippen molar-refractivity contribution in [3.05, 3.63) is 251 Å². The molecular formula is C73H66O26. The van der Waals surface area contributed by atoms with Crippen molar-refractivity contribution in [2.45, 2.75) is 113 Å². The standard InChI is InChI=1S/C73H66O26/c1-42(74)88-55-54(41-87-73-63(99-70(83)51-37-23-10-24-38-51)60(97-68(81)49-33-19-8-20-34-49)57(95-66(79)47-29-15-6-16-30-47)53(92-73)39-85-64(77)45-25-11-4-12-26-45)93-72(62(90-44(3)76)59(55)89-43(2)75)86-40-52-56(94-65(78)46-27-13-5-14-28-46)58(96-67(80)48-31-17-7-18-32-48)61(71(84)91-52)98-69(82)50-35-21-9-22-36-50/h4-38,52-63,71-73,84H,39-41H2,1-3H3/t52-,53-,54-,55+,56+,57+,58+,59+,60+,61-,62-,63-,71+,72-,73-/m1/s1. The van der Waals surface area contributed by atoms with Crippen molar-refractivity contribution in [1.82, 2.24) is 0 Å². The predicted molar refractivity (Wildman–Crippen MR) is 337 cm³/mol. The third-order valence-electron chi connectivity index (χ3n) is 15.5. The third-order valence-corrected chi connectivity index (χ3v) is 15.5. The molecule has 3 saturated heterocycles. The van der Waals surface area contributed by atoms with E-state index in [-0.39, 0.29) is 38.9 Å². The maximum absolute atomic E-state index is 14.5. The van der Waals surface area contributed by atoms with Crippen LogP contribution in [0.25, 0.3) is 0 Å². The highest BCUT2D eigenvalue weighted by molar-refractivity contribution is 5.93. The van der Waals surface area contributed by atoms with Crippen LogP contribution in [0.15, 0.2) is 212 Å². The van der Waals surface area contributed by atoms with Gasteiger partial charge in [0.2, 0.25) is 0 Å². The van der Waals surface area contributed by atoms with Crippen molar-refractivity contribution in [3.8, 4) is 0 Å². The molecule has 0 aliphatic carbocycles. The van der Waals surface area contributed by atoms with Crippen molar-refractivity contribution >= 4 is 59.7 Å². The van der Waals surface area contributed by atoms with Crippen LogP contribution in [-0.4, -0.2) is 177 Å². The summed E-state index contributed by atoms with van der Waals surface area (Å²) in [6.45, 7) is 0.361. The summed E-state index contributed by atoms with van der Waals surface area (Å²) in [6.07, 6.45) is -28.6. The molecular weight excluding hydrogens is 1290 g/mol. The van der Waals surface area contributed by atoms with E-state index in [2.05, 4.69) is 0 Å². The van der Waals surface area contributed by atoms with Crippen LogP contribution in [0.1, 0.15) is 93.3 Å².